The Labute approximate surface area is 143 Å². The lowest BCUT2D eigenvalue weighted by molar-refractivity contribution is -0.169. The van der Waals surface area contributed by atoms with Crippen LogP contribution in [0.5, 0.6) is 0 Å². The van der Waals surface area contributed by atoms with Gasteiger partial charge >= 0.3 is 17.9 Å². The zero-order chi connectivity index (χ0) is 18.5. The summed E-state index contributed by atoms with van der Waals surface area (Å²) in [7, 11) is 0. The van der Waals surface area contributed by atoms with Gasteiger partial charge in [-0.2, -0.15) is 0 Å². The van der Waals surface area contributed by atoms with E-state index in [1.165, 1.54) is 0 Å². The van der Waals surface area contributed by atoms with E-state index in [2.05, 4.69) is 0 Å². The van der Waals surface area contributed by atoms with Gasteiger partial charge < -0.3 is 14.6 Å². The number of aliphatic carboxylic acids is 1. The third kappa shape index (κ3) is 5.80. The first-order valence-electron chi connectivity index (χ1n) is 8.62. The molecule has 1 aliphatic rings. The van der Waals surface area contributed by atoms with E-state index in [-0.39, 0.29) is 18.0 Å². The predicted molar refractivity (Wildman–Crippen MR) is 88.3 cm³/mol. The minimum Gasteiger partial charge on any atom is -0.481 e. The van der Waals surface area contributed by atoms with Crippen molar-refractivity contribution in [2.75, 3.05) is 0 Å². The van der Waals surface area contributed by atoms with Crippen molar-refractivity contribution in [1.82, 2.24) is 0 Å². The molecular formula is C18H30O6. The number of carboxylic acids is 1. The molecule has 0 atom stereocenters. The number of carbonyl (C=O) groups excluding carboxylic acids is 2. The first kappa shape index (κ1) is 20.5. The second-order valence-electron chi connectivity index (χ2n) is 7.76. The second kappa shape index (κ2) is 7.99. The summed E-state index contributed by atoms with van der Waals surface area (Å²) < 4.78 is 11.0. The first-order valence-corrected chi connectivity index (χ1v) is 8.62. The van der Waals surface area contributed by atoms with Crippen molar-refractivity contribution >= 4 is 17.9 Å². The summed E-state index contributed by atoms with van der Waals surface area (Å²) in [6.07, 6.45) is 3.03. The summed E-state index contributed by atoms with van der Waals surface area (Å²) in [5.41, 5.74) is -1.19. The van der Waals surface area contributed by atoms with Crippen LogP contribution in [0.1, 0.15) is 73.1 Å². The highest BCUT2D eigenvalue weighted by Gasteiger charge is 2.38. The maximum absolute atomic E-state index is 12.1. The van der Waals surface area contributed by atoms with E-state index in [0.717, 1.165) is 32.1 Å². The van der Waals surface area contributed by atoms with Crippen molar-refractivity contribution in [1.29, 1.82) is 0 Å². The molecule has 1 N–H and O–H groups in total. The third-order valence-corrected chi connectivity index (χ3v) is 5.04. The normalized spacial score (nSPS) is 21.9. The van der Waals surface area contributed by atoms with Crippen molar-refractivity contribution < 1.29 is 29.0 Å². The van der Waals surface area contributed by atoms with Gasteiger partial charge in [-0.05, 0) is 65.7 Å². The van der Waals surface area contributed by atoms with Gasteiger partial charge in [-0.25, -0.2) is 0 Å². The molecule has 138 valence electrons. The lowest BCUT2D eigenvalue weighted by atomic mass is 9.77. The molecule has 24 heavy (non-hydrogen) atoms. The molecule has 1 saturated carbocycles. The molecule has 0 amide bonds. The van der Waals surface area contributed by atoms with Gasteiger partial charge in [0.25, 0.3) is 0 Å². The molecular weight excluding hydrogens is 312 g/mol. The Hall–Kier alpha value is -1.59. The SMILES string of the molecule is CCC(C)(C)C(=O)OC1CCC(C(C)(C)OC(=O)CC(=O)O)CC1. The molecule has 0 aliphatic heterocycles. The standard InChI is InChI=1S/C18H30O6/c1-6-17(2,3)16(22)23-13-9-7-12(8-10-13)18(4,5)24-15(21)11-14(19)20/h12-13H,6-11H2,1-5H3,(H,19,20). The third-order valence-electron chi connectivity index (χ3n) is 5.04. The Morgan fingerprint density at radius 2 is 1.58 bits per heavy atom. The van der Waals surface area contributed by atoms with Crippen LogP contribution < -0.4 is 0 Å². The quantitative estimate of drug-likeness (QED) is 0.564. The number of esters is 2. The molecule has 1 rings (SSSR count). The van der Waals surface area contributed by atoms with Gasteiger partial charge in [-0.1, -0.05) is 6.92 Å². The Kier molecular flexibility index (Phi) is 6.81. The predicted octanol–water partition coefficient (Wildman–Crippen LogP) is 3.32. The van der Waals surface area contributed by atoms with Crippen LogP contribution in [0.4, 0.5) is 0 Å². The topological polar surface area (TPSA) is 89.9 Å². The Morgan fingerprint density at radius 3 is 2.04 bits per heavy atom. The van der Waals surface area contributed by atoms with Crippen LogP contribution in [0.25, 0.3) is 0 Å². The van der Waals surface area contributed by atoms with E-state index >= 15 is 0 Å². The van der Waals surface area contributed by atoms with Crippen LogP contribution in [0, 0.1) is 11.3 Å². The summed E-state index contributed by atoms with van der Waals surface area (Å²) in [6.45, 7) is 9.35. The van der Waals surface area contributed by atoms with Crippen molar-refractivity contribution in [2.24, 2.45) is 11.3 Å². The van der Waals surface area contributed by atoms with Crippen LogP contribution in [-0.4, -0.2) is 34.7 Å². The zero-order valence-corrected chi connectivity index (χ0v) is 15.4. The minimum atomic E-state index is -1.19. The summed E-state index contributed by atoms with van der Waals surface area (Å²) in [5.74, 6) is -1.94. The number of carbonyl (C=O) groups is 3. The Morgan fingerprint density at radius 1 is 1.04 bits per heavy atom. The maximum atomic E-state index is 12.1. The minimum absolute atomic E-state index is 0.0925. The summed E-state index contributed by atoms with van der Waals surface area (Å²) in [6, 6.07) is 0. The van der Waals surface area contributed by atoms with Crippen LogP contribution >= 0.6 is 0 Å². The summed E-state index contributed by atoms with van der Waals surface area (Å²) >= 11 is 0. The molecule has 6 nitrogen and oxygen atoms in total. The molecule has 0 bridgehead atoms. The molecule has 0 spiro atoms. The molecule has 1 aliphatic carbocycles. The highest BCUT2D eigenvalue weighted by molar-refractivity contribution is 5.90. The lowest BCUT2D eigenvalue weighted by Gasteiger charge is -2.39. The fraction of sp³-hybridized carbons (Fsp3) is 0.833. The van der Waals surface area contributed by atoms with E-state index in [0.29, 0.717) is 0 Å². The monoisotopic (exact) mass is 342 g/mol. The lowest BCUT2D eigenvalue weighted by Crippen LogP contribution is -2.41. The van der Waals surface area contributed by atoms with Crippen molar-refractivity contribution in [3.63, 3.8) is 0 Å². The molecule has 0 unspecified atom stereocenters. The van der Waals surface area contributed by atoms with E-state index in [1.807, 2.05) is 34.6 Å². The van der Waals surface area contributed by atoms with Crippen LogP contribution in [0.15, 0.2) is 0 Å². The van der Waals surface area contributed by atoms with Gasteiger partial charge in [0, 0.05) is 0 Å². The van der Waals surface area contributed by atoms with Gasteiger partial charge in [0.1, 0.15) is 18.1 Å². The highest BCUT2D eigenvalue weighted by atomic mass is 16.6. The summed E-state index contributed by atoms with van der Waals surface area (Å²) in [4.78, 5) is 34.3. The van der Waals surface area contributed by atoms with Crippen molar-refractivity contribution in [2.45, 2.75) is 84.8 Å². The average molecular weight is 342 g/mol. The fourth-order valence-electron chi connectivity index (χ4n) is 2.87. The van der Waals surface area contributed by atoms with Gasteiger partial charge in [0.2, 0.25) is 0 Å². The first-order chi connectivity index (χ1) is 11.0. The highest BCUT2D eigenvalue weighted by Crippen LogP contribution is 2.37. The molecule has 1 fully saturated rings. The second-order valence-corrected chi connectivity index (χ2v) is 7.76. The van der Waals surface area contributed by atoms with Crippen LogP contribution in [0.3, 0.4) is 0 Å². The molecule has 0 saturated heterocycles. The maximum Gasteiger partial charge on any atom is 0.317 e. The number of carboxylic acid groups (broad SMARTS) is 1. The van der Waals surface area contributed by atoms with Crippen LogP contribution in [-0.2, 0) is 23.9 Å². The number of hydrogen-bond acceptors (Lipinski definition) is 5. The average Bonchev–Trinajstić information content (AvgIpc) is 2.46. The fourth-order valence-corrected chi connectivity index (χ4v) is 2.87. The van der Waals surface area contributed by atoms with Gasteiger partial charge in [-0.3, -0.25) is 14.4 Å². The molecule has 0 aromatic rings. The molecule has 0 aromatic heterocycles. The van der Waals surface area contributed by atoms with E-state index in [9.17, 15) is 14.4 Å². The number of hydrogen-bond donors (Lipinski definition) is 1. The van der Waals surface area contributed by atoms with E-state index in [4.69, 9.17) is 14.6 Å². The van der Waals surface area contributed by atoms with E-state index < -0.39 is 29.4 Å². The Balaban J connectivity index is 2.51. The molecule has 0 radical (unpaired) electrons. The van der Waals surface area contributed by atoms with Gasteiger partial charge in [-0.15, -0.1) is 0 Å². The molecule has 6 heteroatoms. The largest absolute Gasteiger partial charge is 0.481 e. The van der Waals surface area contributed by atoms with Gasteiger partial charge in [0.05, 0.1) is 5.41 Å². The van der Waals surface area contributed by atoms with Gasteiger partial charge in [0.15, 0.2) is 0 Å². The summed E-state index contributed by atoms with van der Waals surface area (Å²) in [5, 5.41) is 8.65. The van der Waals surface area contributed by atoms with Crippen molar-refractivity contribution in [3.05, 3.63) is 0 Å². The van der Waals surface area contributed by atoms with E-state index in [1.54, 1.807) is 0 Å². The molecule has 0 aromatic carbocycles. The van der Waals surface area contributed by atoms with Crippen molar-refractivity contribution in [3.8, 4) is 0 Å². The smallest absolute Gasteiger partial charge is 0.317 e. The Bertz CT molecular complexity index is 472. The van der Waals surface area contributed by atoms with Crippen LogP contribution in [0.2, 0.25) is 0 Å². The number of ether oxygens (including phenoxy) is 2. The zero-order valence-electron chi connectivity index (χ0n) is 15.4. The number of rotatable bonds is 7. The molecule has 0 heterocycles.